The zero-order chi connectivity index (χ0) is 13.3. The van der Waals surface area contributed by atoms with Gasteiger partial charge in [-0.05, 0) is 33.5 Å². The summed E-state index contributed by atoms with van der Waals surface area (Å²) in [6.07, 6.45) is 2.29. The maximum absolute atomic E-state index is 11.2. The Morgan fingerprint density at radius 1 is 1.00 bits per heavy atom. The molecule has 0 rings (SSSR count). The lowest BCUT2D eigenvalue weighted by Crippen LogP contribution is -2.28. The molecule has 0 fully saturated rings. The van der Waals surface area contributed by atoms with Gasteiger partial charge < -0.3 is 10.0 Å². The highest BCUT2D eigenvalue weighted by Gasteiger charge is 2.11. The first-order valence-electron chi connectivity index (χ1n) is 5.79. The molecule has 0 bridgehead atoms. The fourth-order valence-electron chi connectivity index (χ4n) is 1.33. The standard InChI is InChI=1S/C11H22N2O4/c1-12(2)8-4-3-5-9-13(17)10(14)6-7-11(15)16/h17H,3-9H2,1-2H3,(H,15,16). The largest absolute Gasteiger partial charge is 0.481 e. The molecule has 0 spiro atoms. The number of nitrogens with zero attached hydrogens (tertiary/aromatic N) is 2. The molecule has 6 heteroatoms. The van der Waals surface area contributed by atoms with Gasteiger partial charge in [0.05, 0.1) is 6.42 Å². The van der Waals surface area contributed by atoms with Gasteiger partial charge >= 0.3 is 5.97 Å². The fraction of sp³-hybridized carbons (Fsp3) is 0.818. The summed E-state index contributed by atoms with van der Waals surface area (Å²) >= 11 is 0. The van der Waals surface area contributed by atoms with E-state index in [0.29, 0.717) is 5.06 Å². The molecule has 1 amide bonds. The lowest BCUT2D eigenvalue weighted by Gasteiger charge is -2.14. The quantitative estimate of drug-likeness (QED) is 0.357. The van der Waals surface area contributed by atoms with E-state index < -0.39 is 11.9 Å². The molecule has 6 nitrogen and oxygen atoms in total. The minimum absolute atomic E-state index is 0.149. The van der Waals surface area contributed by atoms with Crippen molar-refractivity contribution in [3.63, 3.8) is 0 Å². The van der Waals surface area contributed by atoms with E-state index in [9.17, 15) is 14.8 Å². The molecule has 0 atom stereocenters. The number of rotatable bonds is 9. The minimum Gasteiger partial charge on any atom is -0.481 e. The summed E-state index contributed by atoms with van der Waals surface area (Å²) < 4.78 is 0. The SMILES string of the molecule is CN(C)CCCCCN(O)C(=O)CCC(=O)O. The van der Waals surface area contributed by atoms with E-state index in [0.717, 1.165) is 25.8 Å². The number of hydroxylamine groups is 2. The van der Waals surface area contributed by atoms with E-state index in [1.54, 1.807) is 0 Å². The van der Waals surface area contributed by atoms with Crippen molar-refractivity contribution >= 4 is 11.9 Å². The fourth-order valence-corrected chi connectivity index (χ4v) is 1.33. The van der Waals surface area contributed by atoms with Gasteiger partial charge in [-0.25, -0.2) is 5.06 Å². The van der Waals surface area contributed by atoms with Gasteiger partial charge in [-0.15, -0.1) is 0 Å². The Morgan fingerprint density at radius 3 is 2.12 bits per heavy atom. The zero-order valence-electron chi connectivity index (χ0n) is 10.6. The Bertz CT molecular complexity index is 244. The van der Waals surface area contributed by atoms with Crippen LogP contribution in [-0.2, 0) is 9.59 Å². The first-order valence-corrected chi connectivity index (χ1v) is 5.79. The molecule has 0 aliphatic rings. The third-order valence-electron chi connectivity index (χ3n) is 2.32. The second kappa shape index (κ2) is 8.95. The average Bonchev–Trinajstić information content (AvgIpc) is 2.24. The maximum atomic E-state index is 11.2. The van der Waals surface area contributed by atoms with E-state index in [2.05, 4.69) is 4.90 Å². The van der Waals surface area contributed by atoms with E-state index in [1.165, 1.54) is 0 Å². The van der Waals surface area contributed by atoms with Crippen molar-refractivity contribution in [1.82, 2.24) is 9.96 Å². The van der Waals surface area contributed by atoms with Crippen molar-refractivity contribution in [2.24, 2.45) is 0 Å². The third kappa shape index (κ3) is 9.77. The summed E-state index contributed by atoms with van der Waals surface area (Å²) in [6, 6.07) is 0. The van der Waals surface area contributed by atoms with E-state index >= 15 is 0 Å². The number of unbranched alkanes of at least 4 members (excludes halogenated alkanes) is 2. The number of carbonyl (C=O) groups excluding carboxylic acids is 1. The molecule has 0 aliphatic heterocycles. The van der Waals surface area contributed by atoms with Gasteiger partial charge in [0.2, 0.25) is 5.91 Å². The molecule has 0 aromatic heterocycles. The first-order chi connectivity index (χ1) is 7.93. The second-order valence-electron chi connectivity index (χ2n) is 4.27. The zero-order valence-corrected chi connectivity index (χ0v) is 10.6. The Morgan fingerprint density at radius 2 is 1.59 bits per heavy atom. The molecular formula is C11H22N2O4. The summed E-state index contributed by atoms with van der Waals surface area (Å²) in [7, 11) is 3.99. The van der Waals surface area contributed by atoms with Crippen LogP contribution in [0.15, 0.2) is 0 Å². The van der Waals surface area contributed by atoms with Crippen LogP contribution in [0.3, 0.4) is 0 Å². The van der Waals surface area contributed by atoms with Crippen LogP contribution in [0.5, 0.6) is 0 Å². The normalized spacial score (nSPS) is 10.6. The van der Waals surface area contributed by atoms with Crippen LogP contribution in [0.1, 0.15) is 32.1 Å². The van der Waals surface area contributed by atoms with Gasteiger partial charge in [-0.3, -0.25) is 14.8 Å². The average molecular weight is 246 g/mol. The molecule has 0 saturated carbocycles. The summed E-state index contributed by atoms with van der Waals surface area (Å²) in [5.41, 5.74) is 0. The Labute approximate surface area is 102 Å². The molecule has 17 heavy (non-hydrogen) atoms. The molecule has 0 heterocycles. The van der Waals surface area contributed by atoms with Crippen molar-refractivity contribution in [2.45, 2.75) is 32.1 Å². The summed E-state index contributed by atoms with van der Waals surface area (Å²) in [6.45, 7) is 1.25. The lowest BCUT2D eigenvalue weighted by molar-refractivity contribution is -0.166. The lowest BCUT2D eigenvalue weighted by atomic mass is 10.2. The smallest absolute Gasteiger partial charge is 0.303 e. The number of carboxylic acid groups (broad SMARTS) is 1. The molecule has 2 N–H and O–H groups in total. The predicted molar refractivity (Wildman–Crippen MR) is 62.8 cm³/mol. The molecule has 0 aromatic carbocycles. The highest BCUT2D eigenvalue weighted by molar-refractivity contribution is 5.79. The summed E-state index contributed by atoms with van der Waals surface area (Å²) in [4.78, 5) is 23.5. The van der Waals surface area contributed by atoms with Crippen LogP contribution in [-0.4, -0.2) is 59.3 Å². The van der Waals surface area contributed by atoms with Crippen molar-refractivity contribution in [2.75, 3.05) is 27.2 Å². The summed E-state index contributed by atoms with van der Waals surface area (Å²) in [5, 5.41) is 18.3. The van der Waals surface area contributed by atoms with Gasteiger partial charge in [-0.2, -0.15) is 0 Å². The maximum Gasteiger partial charge on any atom is 0.303 e. The predicted octanol–water partition coefficient (Wildman–Crippen LogP) is 0.801. The number of carbonyl (C=O) groups is 2. The van der Waals surface area contributed by atoms with Crippen LogP contribution < -0.4 is 0 Å². The van der Waals surface area contributed by atoms with Gasteiger partial charge in [0.1, 0.15) is 0 Å². The van der Waals surface area contributed by atoms with E-state index in [1.807, 2.05) is 14.1 Å². The highest BCUT2D eigenvalue weighted by atomic mass is 16.5. The Kier molecular flexibility index (Phi) is 8.35. The van der Waals surface area contributed by atoms with Crippen LogP contribution in [0.2, 0.25) is 0 Å². The van der Waals surface area contributed by atoms with Crippen LogP contribution in [0.4, 0.5) is 0 Å². The van der Waals surface area contributed by atoms with Crippen LogP contribution in [0, 0.1) is 0 Å². The van der Waals surface area contributed by atoms with E-state index in [4.69, 9.17) is 5.11 Å². The minimum atomic E-state index is -1.03. The van der Waals surface area contributed by atoms with Crippen molar-refractivity contribution in [1.29, 1.82) is 0 Å². The monoisotopic (exact) mass is 246 g/mol. The molecular weight excluding hydrogens is 224 g/mol. The topological polar surface area (TPSA) is 81.1 Å². The molecule has 0 saturated heterocycles. The number of carboxylic acids is 1. The number of hydrogen-bond acceptors (Lipinski definition) is 4. The molecule has 0 radical (unpaired) electrons. The molecule has 0 aromatic rings. The van der Waals surface area contributed by atoms with Gasteiger partial charge in [-0.1, -0.05) is 6.42 Å². The number of aliphatic carboxylic acids is 1. The summed E-state index contributed by atoms with van der Waals surface area (Å²) in [5.74, 6) is -1.56. The highest BCUT2D eigenvalue weighted by Crippen LogP contribution is 2.01. The van der Waals surface area contributed by atoms with Gasteiger partial charge in [0.25, 0.3) is 0 Å². The Balaban J connectivity index is 3.53. The van der Waals surface area contributed by atoms with E-state index in [-0.39, 0.29) is 19.4 Å². The molecule has 0 unspecified atom stereocenters. The van der Waals surface area contributed by atoms with Crippen LogP contribution in [0.25, 0.3) is 0 Å². The number of hydrogen-bond donors (Lipinski definition) is 2. The van der Waals surface area contributed by atoms with Crippen molar-refractivity contribution < 1.29 is 19.9 Å². The van der Waals surface area contributed by atoms with Crippen molar-refractivity contribution in [3.05, 3.63) is 0 Å². The van der Waals surface area contributed by atoms with Crippen molar-refractivity contribution in [3.8, 4) is 0 Å². The van der Waals surface area contributed by atoms with Crippen LogP contribution >= 0.6 is 0 Å². The first kappa shape index (κ1) is 15.9. The Hall–Kier alpha value is -1.14. The van der Waals surface area contributed by atoms with Gasteiger partial charge in [0, 0.05) is 13.0 Å². The third-order valence-corrected chi connectivity index (χ3v) is 2.32. The second-order valence-corrected chi connectivity index (χ2v) is 4.27. The molecule has 0 aliphatic carbocycles. The van der Waals surface area contributed by atoms with Gasteiger partial charge in [0.15, 0.2) is 0 Å². The molecule has 100 valence electrons. The number of amides is 1.